The van der Waals surface area contributed by atoms with Gasteiger partial charge in [-0.1, -0.05) is 13.8 Å². The van der Waals surface area contributed by atoms with E-state index < -0.39 is 0 Å². The number of amides is 2. The number of nitrogens with one attached hydrogen (secondary N) is 1. The Bertz CT molecular complexity index is 157. The predicted octanol–water partition coefficient (Wildman–Crippen LogP) is 2.08. The van der Waals surface area contributed by atoms with E-state index in [0.717, 1.165) is 6.42 Å². The monoisotopic (exact) mass is 186 g/mol. The van der Waals surface area contributed by atoms with Crippen LogP contribution in [0, 0.1) is 5.92 Å². The van der Waals surface area contributed by atoms with E-state index in [1.807, 2.05) is 14.0 Å². The lowest BCUT2D eigenvalue weighted by Gasteiger charge is -2.26. The maximum atomic E-state index is 11.4. The van der Waals surface area contributed by atoms with Crippen LogP contribution in [-0.4, -0.2) is 30.6 Å². The van der Waals surface area contributed by atoms with Crippen LogP contribution in [0.2, 0.25) is 0 Å². The Labute approximate surface area is 81.5 Å². The summed E-state index contributed by atoms with van der Waals surface area (Å²) in [6.45, 7) is 9.04. The summed E-state index contributed by atoms with van der Waals surface area (Å²) < 4.78 is 0. The summed E-state index contributed by atoms with van der Waals surface area (Å²) in [4.78, 5) is 13.1. The summed E-state index contributed by atoms with van der Waals surface area (Å²) in [7, 11) is 1.85. The number of carbonyl (C=O) groups is 1. The summed E-state index contributed by atoms with van der Waals surface area (Å²) in [5, 5.41) is 2.79. The van der Waals surface area contributed by atoms with Gasteiger partial charge in [0, 0.05) is 19.6 Å². The van der Waals surface area contributed by atoms with Crippen LogP contribution in [0.25, 0.3) is 0 Å². The fourth-order valence-corrected chi connectivity index (χ4v) is 1.32. The minimum absolute atomic E-state index is 0.0238. The Morgan fingerprint density at radius 1 is 1.38 bits per heavy atom. The molecular weight excluding hydrogens is 164 g/mol. The van der Waals surface area contributed by atoms with E-state index in [0.29, 0.717) is 18.5 Å². The zero-order valence-electron chi connectivity index (χ0n) is 9.42. The van der Waals surface area contributed by atoms with Crippen molar-refractivity contribution in [1.82, 2.24) is 10.2 Å². The average molecular weight is 186 g/mol. The SMILES string of the molecule is CCNC(=O)N(C)C(C)CC(C)C. The van der Waals surface area contributed by atoms with Gasteiger partial charge in [-0.25, -0.2) is 4.79 Å². The summed E-state index contributed by atoms with van der Waals surface area (Å²) in [6, 6.07) is 0.335. The van der Waals surface area contributed by atoms with Crippen molar-refractivity contribution in [2.24, 2.45) is 5.92 Å². The topological polar surface area (TPSA) is 32.3 Å². The van der Waals surface area contributed by atoms with E-state index in [9.17, 15) is 4.79 Å². The van der Waals surface area contributed by atoms with Gasteiger partial charge in [0.15, 0.2) is 0 Å². The molecule has 0 heterocycles. The summed E-state index contributed by atoms with van der Waals surface area (Å²) in [5.41, 5.74) is 0. The van der Waals surface area contributed by atoms with Gasteiger partial charge in [-0.3, -0.25) is 0 Å². The van der Waals surface area contributed by atoms with Gasteiger partial charge in [-0.05, 0) is 26.2 Å². The summed E-state index contributed by atoms with van der Waals surface area (Å²) in [5.74, 6) is 0.631. The normalized spacial score (nSPS) is 12.8. The van der Waals surface area contributed by atoms with Crippen molar-refractivity contribution in [1.29, 1.82) is 0 Å². The molecular formula is C10H22N2O. The molecule has 0 aliphatic carbocycles. The highest BCUT2D eigenvalue weighted by molar-refractivity contribution is 5.74. The first kappa shape index (κ1) is 12.3. The molecule has 0 aliphatic rings. The fraction of sp³-hybridized carbons (Fsp3) is 0.900. The van der Waals surface area contributed by atoms with Crippen molar-refractivity contribution >= 4 is 6.03 Å². The molecule has 1 unspecified atom stereocenters. The van der Waals surface area contributed by atoms with E-state index in [1.165, 1.54) is 0 Å². The lowest BCUT2D eigenvalue weighted by Crippen LogP contribution is -2.42. The molecule has 0 spiro atoms. The maximum absolute atomic E-state index is 11.4. The molecule has 0 saturated carbocycles. The smallest absolute Gasteiger partial charge is 0.317 e. The van der Waals surface area contributed by atoms with Gasteiger partial charge in [0.05, 0.1) is 0 Å². The molecule has 0 rings (SSSR count). The van der Waals surface area contributed by atoms with Crippen LogP contribution in [0.5, 0.6) is 0 Å². The molecule has 0 aliphatic heterocycles. The molecule has 0 saturated heterocycles. The molecule has 13 heavy (non-hydrogen) atoms. The van der Waals surface area contributed by atoms with Crippen LogP contribution in [0.3, 0.4) is 0 Å². The number of hydrogen-bond acceptors (Lipinski definition) is 1. The van der Waals surface area contributed by atoms with E-state index in [1.54, 1.807) is 4.90 Å². The fourth-order valence-electron chi connectivity index (χ4n) is 1.32. The van der Waals surface area contributed by atoms with Gasteiger partial charge in [0.2, 0.25) is 0 Å². The molecule has 78 valence electrons. The van der Waals surface area contributed by atoms with E-state index >= 15 is 0 Å². The molecule has 2 amide bonds. The van der Waals surface area contributed by atoms with Crippen LogP contribution in [0.1, 0.15) is 34.1 Å². The van der Waals surface area contributed by atoms with Gasteiger partial charge in [-0.15, -0.1) is 0 Å². The van der Waals surface area contributed by atoms with E-state index in [-0.39, 0.29) is 6.03 Å². The first-order valence-corrected chi connectivity index (χ1v) is 4.99. The second kappa shape index (κ2) is 5.84. The van der Waals surface area contributed by atoms with Crippen LogP contribution in [0.15, 0.2) is 0 Å². The molecule has 3 heteroatoms. The lowest BCUT2D eigenvalue weighted by atomic mass is 10.0. The molecule has 1 atom stereocenters. The standard InChI is InChI=1S/C10H22N2O/c1-6-11-10(13)12(5)9(4)7-8(2)3/h8-9H,6-7H2,1-5H3,(H,11,13). The number of carbonyl (C=O) groups excluding carboxylic acids is 1. The maximum Gasteiger partial charge on any atom is 0.317 e. The number of nitrogens with zero attached hydrogens (tertiary/aromatic N) is 1. The largest absolute Gasteiger partial charge is 0.338 e. The molecule has 0 fully saturated rings. The van der Waals surface area contributed by atoms with Crippen LogP contribution in [-0.2, 0) is 0 Å². The van der Waals surface area contributed by atoms with Gasteiger partial charge in [0.25, 0.3) is 0 Å². The Morgan fingerprint density at radius 2 is 1.92 bits per heavy atom. The van der Waals surface area contributed by atoms with Crippen molar-refractivity contribution < 1.29 is 4.79 Å². The predicted molar refractivity (Wildman–Crippen MR) is 55.8 cm³/mol. The Morgan fingerprint density at radius 3 is 2.31 bits per heavy atom. The van der Waals surface area contributed by atoms with Crippen molar-refractivity contribution in [3.05, 3.63) is 0 Å². The number of rotatable bonds is 4. The Kier molecular flexibility index (Phi) is 5.51. The molecule has 1 N–H and O–H groups in total. The molecule has 0 bridgehead atoms. The summed E-state index contributed by atoms with van der Waals surface area (Å²) >= 11 is 0. The molecule has 0 aromatic carbocycles. The van der Waals surface area contributed by atoms with Gasteiger partial charge < -0.3 is 10.2 Å². The number of hydrogen-bond donors (Lipinski definition) is 1. The Hall–Kier alpha value is -0.730. The van der Waals surface area contributed by atoms with Crippen LogP contribution in [0.4, 0.5) is 4.79 Å². The third kappa shape index (κ3) is 4.76. The third-order valence-electron chi connectivity index (χ3n) is 2.12. The molecule has 0 aromatic heterocycles. The highest BCUT2D eigenvalue weighted by Crippen LogP contribution is 2.09. The second-order valence-corrected chi connectivity index (χ2v) is 3.92. The van der Waals surface area contributed by atoms with Crippen molar-refractivity contribution in [3.63, 3.8) is 0 Å². The van der Waals surface area contributed by atoms with Gasteiger partial charge in [-0.2, -0.15) is 0 Å². The van der Waals surface area contributed by atoms with Crippen molar-refractivity contribution in [3.8, 4) is 0 Å². The van der Waals surface area contributed by atoms with Gasteiger partial charge in [0.1, 0.15) is 0 Å². The molecule has 0 aromatic rings. The quantitative estimate of drug-likeness (QED) is 0.716. The average Bonchev–Trinajstić information content (AvgIpc) is 2.02. The zero-order chi connectivity index (χ0) is 10.4. The highest BCUT2D eigenvalue weighted by atomic mass is 16.2. The minimum Gasteiger partial charge on any atom is -0.338 e. The number of urea groups is 1. The second-order valence-electron chi connectivity index (χ2n) is 3.92. The van der Waals surface area contributed by atoms with Crippen LogP contribution >= 0.6 is 0 Å². The molecule has 0 radical (unpaired) electrons. The molecule has 3 nitrogen and oxygen atoms in total. The first-order valence-electron chi connectivity index (χ1n) is 4.99. The van der Waals surface area contributed by atoms with E-state index in [2.05, 4.69) is 26.1 Å². The van der Waals surface area contributed by atoms with Crippen LogP contribution < -0.4 is 5.32 Å². The van der Waals surface area contributed by atoms with E-state index in [4.69, 9.17) is 0 Å². The summed E-state index contributed by atoms with van der Waals surface area (Å²) in [6.07, 6.45) is 1.05. The van der Waals surface area contributed by atoms with Gasteiger partial charge >= 0.3 is 6.03 Å². The first-order chi connectivity index (χ1) is 5.99. The minimum atomic E-state index is 0.0238. The lowest BCUT2D eigenvalue weighted by molar-refractivity contribution is 0.187. The van der Waals surface area contributed by atoms with Crippen molar-refractivity contribution in [2.75, 3.05) is 13.6 Å². The zero-order valence-corrected chi connectivity index (χ0v) is 9.42. The Balaban J connectivity index is 3.93. The third-order valence-corrected chi connectivity index (χ3v) is 2.12. The highest BCUT2D eigenvalue weighted by Gasteiger charge is 2.15. The van der Waals surface area contributed by atoms with Crippen molar-refractivity contribution in [2.45, 2.75) is 40.2 Å².